The Hall–Kier alpha value is -2.68. The summed E-state index contributed by atoms with van der Waals surface area (Å²) in [5.74, 6) is -0.0747. The molecule has 0 amide bonds. The standard InChI is InChI=1S/C23H15Cl2NO/c1-14-6-8-15(9-7-14)23(27)18-12-16-4-2-3-5-21(16)26-22(18)17-10-11-19(24)20(25)13-17/h2-13H,1H3. The van der Waals surface area contributed by atoms with E-state index in [4.69, 9.17) is 28.2 Å². The lowest BCUT2D eigenvalue weighted by Gasteiger charge is -2.11. The molecule has 0 N–H and O–H groups in total. The Balaban J connectivity index is 1.95. The first-order chi connectivity index (χ1) is 13.0. The van der Waals surface area contributed by atoms with Crippen LogP contribution in [0.2, 0.25) is 10.0 Å². The van der Waals surface area contributed by atoms with Crippen LogP contribution >= 0.6 is 23.2 Å². The molecule has 2 nitrogen and oxygen atoms in total. The maximum atomic E-state index is 13.2. The topological polar surface area (TPSA) is 30.0 Å². The Morgan fingerprint density at radius 3 is 2.33 bits per heavy atom. The normalized spacial score (nSPS) is 10.9. The lowest BCUT2D eigenvalue weighted by molar-refractivity contribution is 0.103. The van der Waals surface area contributed by atoms with Gasteiger partial charge < -0.3 is 0 Å². The third-order valence-electron chi connectivity index (χ3n) is 4.48. The number of carbonyl (C=O) groups is 1. The van der Waals surface area contributed by atoms with Crippen molar-refractivity contribution in [2.75, 3.05) is 0 Å². The predicted molar refractivity (Wildman–Crippen MR) is 112 cm³/mol. The van der Waals surface area contributed by atoms with Gasteiger partial charge in [0.25, 0.3) is 0 Å². The first kappa shape index (κ1) is 17.7. The fourth-order valence-electron chi connectivity index (χ4n) is 3.01. The summed E-state index contributed by atoms with van der Waals surface area (Å²) in [6.45, 7) is 1.99. The number of halogens is 2. The largest absolute Gasteiger partial charge is 0.289 e. The van der Waals surface area contributed by atoms with Crippen molar-refractivity contribution in [1.29, 1.82) is 0 Å². The number of fused-ring (bicyclic) bond motifs is 1. The van der Waals surface area contributed by atoms with E-state index in [1.54, 1.807) is 12.1 Å². The molecule has 0 unspecified atom stereocenters. The second-order valence-corrected chi connectivity index (χ2v) is 7.22. The minimum atomic E-state index is -0.0747. The summed E-state index contributed by atoms with van der Waals surface area (Å²) in [5, 5.41) is 1.81. The van der Waals surface area contributed by atoms with Crippen LogP contribution in [0.3, 0.4) is 0 Å². The lowest BCUT2D eigenvalue weighted by atomic mass is 9.96. The van der Waals surface area contributed by atoms with E-state index in [1.165, 1.54) is 0 Å². The van der Waals surface area contributed by atoms with Crippen LogP contribution in [0.25, 0.3) is 22.2 Å². The summed E-state index contributed by atoms with van der Waals surface area (Å²) in [6, 6.07) is 22.5. The third-order valence-corrected chi connectivity index (χ3v) is 5.21. The molecule has 0 atom stereocenters. The zero-order chi connectivity index (χ0) is 19.0. The molecule has 0 spiro atoms. The van der Waals surface area contributed by atoms with Crippen molar-refractivity contribution in [3.05, 3.63) is 99.5 Å². The Bertz CT molecular complexity index is 1170. The molecule has 0 fully saturated rings. The van der Waals surface area contributed by atoms with Crippen molar-refractivity contribution < 1.29 is 4.79 Å². The second-order valence-electron chi connectivity index (χ2n) is 6.40. The minimum absolute atomic E-state index is 0.0747. The molecule has 0 saturated carbocycles. The number of aromatic nitrogens is 1. The van der Waals surface area contributed by atoms with Crippen molar-refractivity contribution in [2.45, 2.75) is 6.92 Å². The monoisotopic (exact) mass is 391 g/mol. The Kier molecular flexibility index (Phi) is 4.69. The Labute approximate surface area is 167 Å². The number of rotatable bonds is 3. The van der Waals surface area contributed by atoms with Crippen LogP contribution in [0.4, 0.5) is 0 Å². The molecule has 4 heteroatoms. The van der Waals surface area contributed by atoms with E-state index in [2.05, 4.69) is 0 Å². The Morgan fingerprint density at radius 1 is 0.852 bits per heavy atom. The van der Waals surface area contributed by atoms with Gasteiger partial charge in [-0.25, -0.2) is 4.98 Å². The van der Waals surface area contributed by atoms with Crippen molar-refractivity contribution in [1.82, 2.24) is 4.98 Å². The molecule has 3 aromatic carbocycles. The summed E-state index contributed by atoms with van der Waals surface area (Å²) in [5.41, 5.74) is 4.44. The van der Waals surface area contributed by atoms with Crippen LogP contribution in [0.5, 0.6) is 0 Å². The van der Waals surface area contributed by atoms with Crippen molar-refractivity contribution in [2.24, 2.45) is 0 Å². The zero-order valence-electron chi connectivity index (χ0n) is 14.5. The quantitative estimate of drug-likeness (QED) is 0.361. The van der Waals surface area contributed by atoms with Gasteiger partial charge in [0.2, 0.25) is 0 Å². The van der Waals surface area contributed by atoms with Crippen molar-refractivity contribution >= 4 is 39.9 Å². The maximum Gasteiger partial charge on any atom is 0.195 e. The molecular formula is C23H15Cl2NO. The van der Waals surface area contributed by atoms with E-state index in [9.17, 15) is 4.79 Å². The molecular weight excluding hydrogens is 377 g/mol. The van der Waals surface area contributed by atoms with E-state index < -0.39 is 0 Å². The molecule has 0 bridgehead atoms. The SMILES string of the molecule is Cc1ccc(C(=O)c2cc3ccccc3nc2-c2ccc(Cl)c(Cl)c2)cc1. The minimum Gasteiger partial charge on any atom is -0.289 e. The number of aryl methyl sites for hydroxylation is 1. The number of pyridine rings is 1. The fourth-order valence-corrected chi connectivity index (χ4v) is 3.31. The highest BCUT2D eigenvalue weighted by molar-refractivity contribution is 6.42. The zero-order valence-corrected chi connectivity index (χ0v) is 16.1. The van der Waals surface area contributed by atoms with E-state index in [1.807, 2.05) is 67.6 Å². The van der Waals surface area contributed by atoms with Gasteiger partial charge in [-0.3, -0.25) is 4.79 Å². The molecule has 4 rings (SSSR count). The number of ketones is 1. The number of benzene rings is 3. The lowest BCUT2D eigenvalue weighted by Crippen LogP contribution is -2.05. The highest BCUT2D eigenvalue weighted by atomic mass is 35.5. The first-order valence-electron chi connectivity index (χ1n) is 8.49. The van der Waals surface area contributed by atoms with Crippen LogP contribution in [0, 0.1) is 6.92 Å². The summed E-state index contributed by atoms with van der Waals surface area (Å²) < 4.78 is 0. The van der Waals surface area contributed by atoms with Gasteiger partial charge in [-0.15, -0.1) is 0 Å². The molecule has 27 heavy (non-hydrogen) atoms. The van der Waals surface area contributed by atoms with Gasteiger partial charge in [0.15, 0.2) is 5.78 Å². The van der Waals surface area contributed by atoms with Crippen LogP contribution < -0.4 is 0 Å². The van der Waals surface area contributed by atoms with Crippen molar-refractivity contribution in [3.63, 3.8) is 0 Å². The number of hydrogen-bond donors (Lipinski definition) is 0. The van der Waals surface area contributed by atoms with Gasteiger partial charge in [0, 0.05) is 22.1 Å². The maximum absolute atomic E-state index is 13.2. The van der Waals surface area contributed by atoms with Gasteiger partial charge in [0.1, 0.15) is 0 Å². The van der Waals surface area contributed by atoms with Crippen LogP contribution in [0.15, 0.2) is 72.8 Å². The highest BCUT2D eigenvalue weighted by Crippen LogP contribution is 2.32. The van der Waals surface area contributed by atoms with Gasteiger partial charge in [-0.05, 0) is 31.2 Å². The average molecular weight is 392 g/mol. The molecule has 0 aliphatic rings. The molecule has 1 aromatic heterocycles. The summed E-state index contributed by atoms with van der Waals surface area (Å²) >= 11 is 12.3. The number of para-hydroxylation sites is 1. The number of hydrogen-bond acceptors (Lipinski definition) is 2. The molecule has 4 aromatic rings. The Morgan fingerprint density at radius 2 is 1.59 bits per heavy atom. The number of carbonyl (C=O) groups excluding carboxylic acids is 1. The smallest absolute Gasteiger partial charge is 0.195 e. The molecule has 0 aliphatic heterocycles. The molecule has 0 aliphatic carbocycles. The van der Waals surface area contributed by atoms with Crippen LogP contribution in [-0.2, 0) is 0 Å². The van der Waals surface area contributed by atoms with E-state index >= 15 is 0 Å². The van der Waals surface area contributed by atoms with Crippen LogP contribution in [-0.4, -0.2) is 10.8 Å². The second kappa shape index (κ2) is 7.15. The van der Waals surface area contributed by atoms with E-state index in [-0.39, 0.29) is 5.78 Å². The van der Waals surface area contributed by atoms with Crippen molar-refractivity contribution in [3.8, 4) is 11.3 Å². The molecule has 0 saturated heterocycles. The van der Waals surface area contributed by atoms with E-state index in [0.29, 0.717) is 26.9 Å². The first-order valence-corrected chi connectivity index (χ1v) is 9.25. The van der Waals surface area contributed by atoms with Gasteiger partial charge in [-0.1, -0.05) is 77.3 Å². The van der Waals surface area contributed by atoms with Gasteiger partial charge >= 0.3 is 0 Å². The summed E-state index contributed by atoms with van der Waals surface area (Å²) in [6.07, 6.45) is 0. The summed E-state index contributed by atoms with van der Waals surface area (Å²) in [4.78, 5) is 18.0. The van der Waals surface area contributed by atoms with Gasteiger partial charge in [0.05, 0.1) is 21.3 Å². The fraction of sp³-hybridized carbons (Fsp3) is 0.0435. The van der Waals surface area contributed by atoms with E-state index in [0.717, 1.165) is 22.0 Å². The molecule has 0 radical (unpaired) electrons. The predicted octanol–water partition coefficient (Wildman–Crippen LogP) is 6.75. The summed E-state index contributed by atoms with van der Waals surface area (Å²) in [7, 11) is 0. The third kappa shape index (κ3) is 3.46. The van der Waals surface area contributed by atoms with Gasteiger partial charge in [-0.2, -0.15) is 0 Å². The average Bonchev–Trinajstić information content (AvgIpc) is 2.69. The van der Waals surface area contributed by atoms with Crippen LogP contribution in [0.1, 0.15) is 21.5 Å². The molecule has 1 heterocycles. The molecule has 132 valence electrons. The number of nitrogens with zero attached hydrogens (tertiary/aromatic N) is 1. The highest BCUT2D eigenvalue weighted by Gasteiger charge is 2.18.